The van der Waals surface area contributed by atoms with Gasteiger partial charge in [-0.2, -0.15) is 0 Å². The van der Waals surface area contributed by atoms with Crippen molar-refractivity contribution in [3.8, 4) is 12.3 Å². The van der Waals surface area contributed by atoms with Gasteiger partial charge in [-0.05, 0) is 13.0 Å². The first-order chi connectivity index (χ1) is 5.77. The molecule has 0 aromatic heterocycles. The fraction of sp³-hybridized carbons (Fsp3) is 0.667. The highest BCUT2D eigenvalue weighted by atomic mass is 16.2. The summed E-state index contributed by atoms with van der Waals surface area (Å²) in [7, 11) is 0. The zero-order chi connectivity index (χ0) is 8.97. The average Bonchev–Trinajstić information content (AvgIpc) is 2.43. The van der Waals surface area contributed by atoms with Gasteiger partial charge in [-0.1, -0.05) is 0 Å². The van der Waals surface area contributed by atoms with Gasteiger partial charge in [0.05, 0.1) is 0 Å². The first kappa shape index (κ1) is 9.08. The molecular formula is C9H14N2O. The number of carbonyl (C=O) groups is 1. The van der Waals surface area contributed by atoms with E-state index in [9.17, 15) is 4.79 Å². The molecule has 1 heterocycles. The van der Waals surface area contributed by atoms with Crippen molar-refractivity contribution >= 4 is 5.91 Å². The van der Waals surface area contributed by atoms with E-state index in [2.05, 4.69) is 5.92 Å². The first-order valence-electron chi connectivity index (χ1n) is 4.22. The Morgan fingerprint density at radius 3 is 3.00 bits per heavy atom. The van der Waals surface area contributed by atoms with Crippen molar-refractivity contribution in [2.75, 3.05) is 19.6 Å². The predicted octanol–water partition coefficient (Wildman–Crippen LogP) is -0.183. The number of rotatable bonds is 3. The number of hydrogen-bond acceptors (Lipinski definition) is 2. The van der Waals surface area contributed by atoms with Crippen LogP contribution in [0.25, 0.3) is 0 Å². The van der Waals surface area contributed by atoms with Crippen LogP contribution in [0.5, 0.6) is 0 Å². The van der Waals surface area contributed by atoms with Gasteiger partial charge in [-0.3, -0.25) is 4.79 Å². The van der Waals surface area contributed by atoms with Crippen LogP contribution in [0.1, 0.15) is 12.8 Å². The highest BCUT2D eigenvalue weighted by Gasteiger charge is 2.27. The van der Waals surface area contributed by atoms with Crippen LogP contribution in [0.15, 0.2) is 0 Å². The van der Waals surface area contributed by atoms with E-state index in [1.54, 1.807) is 4.90 Å². The second-order valence-electron chi connectivity index (χ2n) is 3.05. The molecule has 1 saturated heterocycles. The third-order valence-electron chi connectivity index (χ3n) is 2.08. The Kier molecular flexibility index (Phi) is 3.12. The van der Waals surface area contributed by atoms with Gasteiger partial charge in [-0.25, -0.2) is 0 Å². The van der Waals surface area contributed by atoms with Crippen LogP contribution >= 0.6 is 0 Å². The molecule has 3 nitrogen and oxygen atoms in total. The lowest BCUT2D eigenvalue weighted by Crippen LogP contribution is -2.27. The fourth-order valence-corrected chi connectivity index (χ4v) is 1.38. The lowest BCUT2D eigenvalue weighted by molar-refractivity contribution is -0.127. The third kappa shape index (κ3) is 1.99. The van der Waals surface area contributed by atoms with Gasteiger partial charge in [0.2, 0.25) is 5.91 Å². The van der Waals surface area contributed by atoms with E-state index < -0.39 is 0 Å². The standard InChI is InChI=1S/C9H14N2O/c1-2-8-6-9(12)11(7-8)5-3-4-10/h1,8H,3-7,10H2. The molecule has 0 aliphatic carbocycles. The molecule has 0 radical (unpaired) electrons. The van der Waals surface area contributed by atoms with Crippen molar-refractivity contribution in [1.82, 2.24) is 4.90 Å². The van der Waals surface area contributed by atoms with Gasteiger partial charge in [0, 0.05) is 25.4 Å². The van der Waals surface area contributed by atoms with E-state index >= 15 is 0 Å². The van der Waals surface area contributed by atoms with E-state index in [0.29, 0.717) is 13.0 Å². The minimum absolute atomic E-state index is 0.121. The van der Waals surface area contributed by atoms with Crippen LogP contribution in [-0.2, 0) is 4.79 Å². The molecule has 1 rings (SSSR count). The summed E-state index contributed by atoms with van der Waals surface area (Å²) in [6, 6.07) is 0. The summed E-state index contributed by atoms with van der Waals surface area (Å²) in [6.07, 6.45) is 6.61. The normalized spacial score (nSPS) is 22.8. The number of terminal acetylenes is 1. The number of likely N-dealkylation sites (tertiary alicyclic amines) is 1. The Labute approximate surface area is 72.9 Å². The Hall–Kier alpha value is -1.01. The lowest BCUT2D eigenvalue weighted by atomic mass is 10.1. The highest BCUT2D eigenvalue weighted by molar-refractivity contribution is 5.79. The van der Waals surface area contributed by atoms with Gasteiger partial charge < -0.3 is 10.6 Å². The van der Waals surface area contributed by atoms with E-state index in [-0.39, 0.29) is 11.8 Å². The molecule has 2 N–H and O–H groups in total. The van der Waals surface area contributed by atoms with Crippen LogP contribution in [0, 0.1) is 18.3 Å². The molecule has 0 spiro atoms. The first-order valence-corrected chi connectivity index (χ1v) is 4.22. The van der Waals surface area contributed by atoms with Crippen molar-refractivity contribution in [2.45, 2.75) is 12.8 Å². The van der Waals surface area contributed by atoms with Crippen molar-refractivity contribution in [2.24, 2.45) is 11.7 Å². The number of amides is 1. The average molecular weight is 166 g/mol. The Balaban J connectivity index is 2.37. The molecule has 1 aliphatic rings. The van der Waals surface area contributed by atoms with E-state index in [4.69, 9.17) is 12.2 Å². The molecule has 0 bridgehead atoms. The molecule has 1 amide bonds. The van der Waals surface area contributed by atoms with Gasteiger partial charge in [0.15, 0.2) is 0 Å². The Morgan fingerprint density at radius 2 is 2.50 bits per heavy atom. The molecule has 1 atom stereocenters. The van der Waals surface area contributed by atoms with E-state index in [0.717, 1.165) is 19.5 Å². The Bertz CT molecular complexity index is 207. The van der Waals surface area contributed by atoms with Crippen molar-refractivity contribution in [3.63, 3.8) is 0 Å². The fourth-order valence-electron chi connectivity index (χ4n) is 1.38. The molecule has 0 aromatic rings. The van der Waals surface area contributed by atoms with Crippen LogP contribution in [0.4, 0.5) is 0 Å². The molecule has 1 fully saturated rings. The number of carbonyl (C=O) groups excluding carboxylic acids is 1. The maximum absolute atomic E-state index is 11.2. The van der Waals surface area contributed by atoms with Gasteiger partial charge in [0.25, 0.3) is 0 Å². The van der Waals surface area contributed by atoms with Gasteiger partial charge in [-0.15, -0.1) is 12.3 Å². The summed E-state index contributed by atoms with van der Waals surface area (Å²) < 4.78 is 0. The van der Waals surface area contributed by atoms with Crippen LogP contribution < -0.4 is 5.73 Å². The lowest BCUT2D eigenvalue weighted by Gasteiger charge is -2.14. The summed E-state index contributed by atoms with van der Waals surface area (Å²) in [5.74, 6) is 2.90. The quantitative estimate of drug-likeness (QED) is 0.591. The molecule has 1 unspecified atom stereocenters. The summed E-state index contributed by atoms with van der Waals surface area (Å²) in [5.41, 5.74) is 5.34. The zero-order valence-electron chi connectivity index (χ0n) is 7.12. The van der Waals surface area contributed by atoms with Crippen molar-refractivity contribution in [1.29, 1.82) is 0 Å². The molecule has 12 heavy (non-hydrogen) atoms. The molecular weight excluding hydrogens is 152 g/mol. The van der Waals surface area contributed by atoms with E-state index in [1.807, 2.05) is 0 Å². The van der Waals surface area contributed by atoms with Gasteiger partial charge >= 0.3 is 0 Å². The minimum Gasteiger partial charge on any atom is -0.341 e. The maximum Gasteiger partial charge on any atom is 0.223 e. The minimum atomic E-state index is 0.121. The molecule has 0 saturated carbocycles. The molecule has 0 aromatic carbocycles. The number of nitrogens with zero attached hydrogens (tertiary/aromatic N) is 1. The predicted molar refractivity (Wildman–Crippen MR) is 47.2 cm³/mol. The smallest absolute Gasteiger partial charge is 0.223 e. The van der Waals surface area contributed by atoms with Crippen LogP contribution in [0.2, 0.25) is 0 Å². The Morgan fingerprint density at radius 1 is 1.75 bits per heavy atom. The summed E-state index contributed by atoms with van der Waals surface area (Å²) in [5, 5.41) is 0. The second-order valence-corrected chi connectivity index (χ2v) is 3.05. The van der Waals surface area contributed by atoms with Gasteiger partial charge in [0.1, 0.15) is 0 Å². The van der Waals surface area contributed by atoms with Crippen LogP contribution in [-0.4, -0.2) is 30.4 Å². The highest BCUT2D eigenvalue weighted by Crippen LogP contribution is 2.16. The van der Waals surface area contributed by atoms with Crippen molar-refractivity contribution in [3.05, 3.63) is 0 Å². The molecule has 1 aliphatic heterocycles. The second kappa shape index (κ2) is 4.13. The summed E-state index contributed by atoms with van der Waals surface area (Å²) >= 11 is 0. The maximum atomic E-state index is 11.2. The topological polar surface area (TPSA) is 46.3 Å². The van der Waals surface area contributed by atoms with Crippen LogP contribution in [0.3, 0.4) is 0 Å². The number of nitrogens with two attached hydrogens (primary N) is 1. The monoisotopic (exact) mass is 166 g/mol. The van der Waals surface area contributed by atoms with Crippen molar-refractivity contribution < 1.29 is 4.79 Å². The SMILES string of the molecule is C#CC1CC(=O)N(CCCN)C1. The molecule has 66 valence electrons. The molecule has 3 heteroatoms. The summed E-state index contributed by atoms with van der Waals surface area (Å²) in [4.78, 5) is 13.0. The summed E-state index contributed by atoms with van der Waals surface area (Å²) in [6.45, 7) is 2.10. The zero-order valence-corrected chi connectivity index (χ0v) is 7.12. The third-order valence-corrected chi connectivity index (χ3v) is 2.08. The number of hydrogen-bond donors (Lipinski definition) is 1. The largest absolute Gasteiger partial charge is 0.341 e. The van der Waals surface area contributed by atoms with E-state index in [1.165, 1.54) is 0 Å².